The summed E-state index contributed by atoms with van der Waals surface area (Å²) in [5, 5.41) is 6.26. The summed E-state index contributed by atoms with van der Waals surface area (Å²) >= 11 is 0. The predicted octanol–water partition coefficient (Wildman–Crippen LogP) is 3.27. The highest BCUT2D eigenvalue weighted by atomic mass is 127. The molecule has 0 aliphatic rings. The highest BCUT2D eigenvalue weighted by Crippen LogP contribution is 2.09. The Bertz CT molecular complexity index is 781. The van der Waals surface area contributed by atoms with Gasteiger partial charge in [-0.3, -0.25) is 4.99 Å². The molecule has 2 aromatic carbocycles. The van der Waals surface area contributed by atoms with Crippen LogP contribution in [0.15, 0.2) is 70.6 Å². The molecule has 27 heavy (non-hydrogen) atoms. The first-order chi connectivity index (χ1) is 12.6. The van der Waals surface area contributed by atoms with Gasteiger partial charge in [0.15, 0.2) is 15.8 Å². The minimum Gasteiger partial charge on any atom is -0.357 e. The van der Waals surface area contributed by atoms with E-state index in [1.54, 1.807) is 24.3 Å². The maximum Gasteiger partial charge on any atom is 0.191 e. The maximum atomic E-state index is 12.3. The van der Waals surface area contributed by atoms with Crippen LogP contribution in [0.4, 0.5) is 0 Å². The summed E-state index contributed by atoms with van der Waals surface area (Å²) < 4.78 is 24.6. The van der Waals surface area contributed by atoms with Crippen molar-refractivity contribution >= 4 is 39.8 Å². The van der Waals surface area contributed by atoms with Crippen molar-refractivity contribution in [3.63, 3.8) is 0 Å². The molecular formula is C20H28IN3O2S. The molecule has 0 aliphatic carbocycles. The molecule has 2 N–H and O–H groups in total. The Morgan fingerprint density at radius 3 is 2.22 bits per heavy atom. The number of hydrogen-bond donors (Lipinski definition) is 2. The fourth-order valence-electron chi connectivity index (χ4n) is 2.51. The normalized spacial score (nSPS) is 11.5. The molecule has 2 aromatic rings. The second-order valence-electron chi connectivity index (χ2n) is 5.91. The number of aryl methyl sites for hydroxylation is 1. The first-order valence-corrected chi connectivity index (χ1v) is 10.6. The van der Waals surface area contributed by atoms with E-state index in [4.69, 9.17) is 0 Å². The van der Waals surface area contributed by atoms with Gasteiger partial charge in [-0.15, -0.1) is 24.0 Å². The standard InChI is InChI=1S/C20H27N3O2S.HI/c1-2-21-20(22-15-9-12-18-10-5-3-6-11-18)23-16-17-26(24,25)19-13-7-4-8-14-19;/h3-8,10-11,13-14H,2,9,12,15-17H2,1H3,(H2,21,22,23);1H. The van der Waals surface area contributed by atoms with Gasteiger partial charge in [0.1, 0.15) is 0 Å². The van der Waals surface area contributed by atoms with Gasteiger partial charge in [0.05, 0.1) is 10.6 Å². The van der Waals surface area contributed by atoms with E-state index in [-0.39, 0.29) is 29.7 Å². The van der Waals surface area contributed by atoms with E-state index in [0.717, 1.165) is 19.4 Å². The molecule has 0 heterocycles. The first-order valence-electron chi connectivity index (χ1n) is 8.96. The van der Waals surface area contributed by atoms with Crippen LogP contribution in [0.25, 0.3) is 0 Å². The molecule has 2 rings (SSSR count). The Kier molecular flexibility index (Phi) is 11.0. The Hall–Kier alpha value is -1.61. The van der Waals surface area contributed by atoms with Crippen molar-refractivity contribution < 1.29 is 8.42 Å². The second kappa shape index (κ2) is 12.7. The first kappa shape index (κ1) is 23.4. The van der Waals surface area contributed by atoms with Gasteiger partial charge in [0.25, 0.3) is 0 Å². The van der Waals surface area contributed by atoms with Crippen LogP contribution < -0.4 is 10.6 Å². The molecular weight excluding hydrogens is 473 g/mol. The summed E-state index contributed by atoms with van der Waals surface area (Å²) in [7, 11) is -3.28. The average Bonchev–Trinajstić information content (AvgIpc) is 2.66. The number of sulfone groups is 1. The monoisotopic (exact) mass is 501 g/mol. The number of benzene rings is 2. The second-order valence-corrected chi connectivity index (χ2v) is 8.02. The molecule has 5 nitrogen and oxygen atoms in total. The number of halogens is 1. The Morgan fingerprint density at radius 1 is 0.963 bits per heavy atom. The SMILES string of the molecule is CCNC(=NCCCc1ccccc1)NCCS(=O)(=O)c1ccccc1.I. The highest BCUT2D eigenvalue weighted by Gasteiger charge is 2.13. The third kappa shape index (κ3) is 8.75. The number of guanidine groups is 1. The van der Waals surface area contributed by atoms with Crippen molar-refractivity contribution in [2.75, 3.05) is 25.4 Å². The van der Waals surface area contributed by atoms with Gasteiger partial charge in [-0.1, -0.05) is 48.5 Å². The van der Waals surface area contributed by atoms with Crippen LogP contribution in [0.5, 0.6) is 0 Å². The van der Waals surface area contributed by atoms with Gasteiger partial charge in [-0.25, -0.2) is 8.42 Å². The summed E-state index contributed by atoms with van der Waals surface area (Å²) in [4.78, 5) is 4.87. The third-order valence-corrected chi connectivity index (χ3v) is 5.58. The largest absolute Gasteiger partial charge is 0.357 e. The zero-order valence-corrected chi connectivity index (χ0v) is 18.7. The Labute approximate surface area is 179 Å². The van der Waals surface area contributed by atoms with Crippen LogP contribution in [0.1, 0.15) is 18.9 Å². The van der Waals surface area contributed by atoms with E-state index < -0.39 is 9.84 Å². The summed E-state index contributed by atoms with van der Waals surface area (Å²) in [6, 6.07) is 18.8. The van der Waals surface area contributed by atoms with Crippen LogP contribution in [0.3, 0.4) is 0 Å². The predicted molar refractivity (Wildman–Crippen MR) is 123 cm³/mol. The molecule has 0 fully saturated rings. The van der Waals surface area contributed by atoms with Crippen LogP contribution in [0, 0.1) is 0 Å². The summed E-state index contributed by atoms with van der Waals surface area (Å²) in [5.41, 5.74) is 1.30. The van der Waals surface area contributed by atoms with Crippen LogP contribution in [-0.4, -0.2) is 39.8 Å². The van der Waals surface area contributed by atoms with Gasteiger partial charge < -0.3 is 10.6 Å². The van der Waals surface area contributed by atoms with Crippen molar-refractivity contribution in [1.82, 2.24) is 10.6 Å². The third-order valence-electron chi connectivity index (χ3n) is 3.85. The molecule has 0 bridgehead atoms. The van der Waals surface area contributed by atoms with E-state index in [9.17, 15) is 8.42 Å². The summed E-state index contributed by atoms with van der Waals surface area (Å²) in [5.74, 6) is 0.689. The van der Waals surface area contributed by atoms with Crippen LogP contribution in [-0.2, 0) is 16.3 Å². The van der Waals surface area contributed by atoms with Gasteiger partial charge in [-0.05, 0) is 37.5 Å². The van der Waals surface area contributed by atoms with Crippen LogP contribution in [0.2, 0.25) is 0 Å². The zero-order chi connectivity index (χ0) is 18.7. The fraction of sp³-hybridized carbons (Fsp3) is 0.350. The van der Waals surface area contributed by atoms with Crippen molar-refractivity contribution in [3.8, 4) is 0 Å². The highest BCUT2D eigenvalue weighted by molar-refractivity contribution is 14.0. The maximum absolute atomic E-state index is 12.3. The Morgan fingerprint density at radius 2 is 1.59 bits per heavy atom. The van der Waals surface area contributed by atoms with Crippen molar-refractivity contribution in [1.29, 1.82) is 0 Å². The van der Waals surface area contributed by atoms with E-state index >= 15 is 0 Å². The van der Waals surface area contributed by atoms with Gasteiger partial charge in [0, 0.05) is 19.6 Å². The smallest absolute Gasteiger partial charge is 0.191 e. The summed E-state index contributed by atoms with van der Waals surface area (Å²) in [6.45, 7) is 3.73. The molecule has 0 aromatic heterocycles. The lowest BCUT2D eigenvalue weighted by molar-refractivity contribution is 0.594. The number of nitrogens with zero attached hydrogens (tertiary/aromatic N) is 1. The number of hydrogen-bond acceptors (Lipinski definition) is 3. The molecule has 0 amide bonds. The van der Waals surface area contributed by atoms with Crippen molar-refractivity contribution in [2.45, 2.75) is 24.7 Å². The fourth-order valence-corrected chi connectivity index (χ4v) is 3.69. The Balaban J connectivity index is 0.00000364. The molecule has 0 radical (unpaired) electrons. The van der Waals surface area contributed by atoms with E-state index in [0.29, 0.717) is 23.9 Å². The minimum atomic E-state index is -3.28. The molecule has 0 saturated carbocycles. The van der Waals surface area contributed by atoms with E-state index in [2.05, 4.69) is 27.8 Å². The lowest BCUT2D eigenvalue weighted by Gasteiger charge is -2.11. The van der Waals surface area contributed by atoms with Crippen molar-refractivity contribution in [2.24, 2.45) is 4.99 Å². The molecule has 0 unspecified atom stereocenters. The lowest BCUT2D eigenvalue weighted by Crippen LogP contribution is -2.39. The molecule has 7 heteroatoms. The quantitative estimate of drug-likeness (QED) is 0.240. The zero-order valence-electron chi connectivity index (χ0n) is 15.6. The van der Waals surface area contributed by atoms with Gasteiger partial charge in [-0.2, -0.15) is 0 Å². The van der Waals surface area contributed by atoms with E-state index in [1.165, 1.54) is 5.56 Å². The molecule has 0 spiro atoms. The van der Waals surface area contributed by atoms with Gasteiger partial charge >= 0.3 is 0 Å². The average molecular weight is 501 g/mol. The molecule has 0 saturated heterocycles. The number of rotatable bonds is 9. The van der Waals surface area contributed by atoms with E-state index in [1.807, 2.05) is 31.2 Å². The molecule has 0 aliphatic heterocycles. The molecule has 0 atom stereocenters. The minimum absolute atomic E-state index is 0. The number of aliphatic imine (C=N–C) groups is 1. The molecule has 148 valence electrons. The lowest BCUT2D eigenvalue weighted by atomic mass is 10.1. The van der Waals surface area contributed by atoms with Crippen molar-refractivity contribution in [3.05, 3.63) is 66.2 Å². The number of nitrogens with one attached hydrogen (secondary N) is 2. The summed E-state index contributed by atoms with van der Waals surface area (Å²) in [6.07, 6.45) is 1.93. The van der Waals surface area contributed by atoms with Gasteiger partial charge in [0.2, 0.25) is 0 Å². The van der Waals surface area contributed by atoms with Crippen LogP contribution >= 0.6 is 24.0 Å². The topological polar surface area (TPSA) is 70.6 Å².